The van der Waals surface area contributed by atoms with Crippen molar-refractivity contribution in [3.8, 4) is 29.1 Å². The van der Waals surface area contributed by atoms with E-state index >= 15 is 0 Å². The van der Waals surface area contributed by atoms with Crippen LogP contribution in [0.25, 0.3) is 0 Å². The summed E-state index contributed by atoms with van der Waals surface area (Å²) in [6.07, 6.45) is 1.72. The molecule has 1 atom stereocenters. The second-order valence-corrected chi connectivity index (χ2v) is 6.87. The van der Waals surface area contributed by atoms with E-state index in [-0.39, 0.29) is 0 Å². The zero-order chi connectivity index (χ0) is 21.3. The number of amides is 1. The van der Waals surface area contributed by atoms with E-state index in [2.05, 4.69) is 17.2 Å². The van der Waals surface area contributed by atoms with Crippen LogP contribution in [0.1, 0.15) is 42.1 Å². The molecular weight excluding hydrogens is 382 g/mol. The fraction of sp³-hybridized carbons (Fsp3) is 0.375. The van der Waals surface area contributed by atoms with Crippen LogP contribution in [0.5, 0.6) is 17.2 Å². The summed E-state index contributed by atoms with van der Waals surface area (Å²) >= 11 is 0. The van der Waals surface area contributed by atoms with Gasteiger partial charge in [-0.1, -0.05) is 36.3 Å². The third-order valence-corrected chi connectivity index (χ3v) is 4.98. The topological polar surface area (TPSA) is 66.0 Å². The van der Waals surface area contributed by atoms with Gasteiger partial charge in [-0.2, -0.15) is 0 Å². The molecule has 3 rings (SSSR count). The molecule has 0 spiro atoms. The molecule has 0 radical (unpaired) electrons. The maximum Gasteiger partial charge on any atom is 0.408 e. The predicted molar refractivity (Wildman–Crippen MR) is 114 cm³/mol. The molecule has 0 saturated carbocycles. The van der Waals surface area contributed by atoms with Gasteiger partial charge in [-0.25, -0.2) is 4.79 Å². The summed E-state index contributed by atoms with van der Waals surface area (Å²) in [6, 6.07) is 11.6. The monoisotopic (exact) mass is 409 g/mol. The number of benzene rings is 2. The minimum Gasteiger partial charge on any atom is -0.493 e. The average Bonchev–Trinajstić information content (AvgIpc) is 2.87. The summed E-state index contributed by atoms with van der Waals surface area (Å²) in [5.74, 6) is 7.90. The first-order valence-electron chi connectivity index (χ1n) is 9.93. The molecule has 30 heavy (non-hydrogen) atoms. The molecule has 1 amide bonds. The van der Waals surface area contributed by atoms with Crippen molar-refractivity contribution >= 4 is 6.09 Å². The van der Waals surface area contributed by atoms with Crippen molar-refractivity contribution in [2.24, 2.45) is 0 Å². The van der Waals surface area contributed by atoms with Gasteiger partial charge in [0.05, 0.1) is 21.3 Å². The van der Waals surface area contributed by atoms with Crippen LogP contribution in [-0.2, 0) is 17.7 Å². The van der Waals surface area contributed by atoms with E-state index in [9.17, 15) is 4.79 Å². The number of carbonyl (C=O) groups excluding carboxylic acids is 1. The fourth-order valence-electron chi connectivity index (χ4n) is 3.55. The Bertz CT molecular complexity index is 930. The van der Waals surface area contributed by atoms with Crippen LogP contribution in [-0.4, -0.2) is 27.4 Å². The number of alkyl carbamates (subject to hydrolysis) is 1. The molecule has 2 aromatic carbocycles. The van der Waals surface area contributed by atoms with Gasteiger partial charge in [-0.15, -0.1) is 5.92 Å². The largest absolute Gasteiger partial charge is 0.493 e. The highest BCUT2D eigenvalue weighted by Gasteiger charge is 2.29. The molecule has 1 N–H and O–H groups in total. The molecule has 1 unspecified atom stereocenters. The molecule has 0 bridgehead atoms. The zero-order valence-corrected chi connectivity index (χ0v) is 17.6. The minimum atomic E-state index is -0.493. The molecular formula is C24H27NO5. The van der Waals surface area contributed by atoms with Gasteiger partial charge in [-0.05, 0) is 30.0 Å². The minimum absolute atomic E-state index is 0.394. The van der Waals surface area contributed by atoms with Gasteiger partial charge in [0.1, 0.15) is 6.10 Å². The highest BCUT2D eigenvalue weighted by Crippen LogP contribution is 2.46. The first kappa shape index (κ1) is 21.4. The Morgan fingerprint density at radius 1 is 1.07 bits per heavy atom. The maximum absolute atomic E-state index is 12.6. The molecule has 0 fully saturated rings. The van der Waals surface area contributed by atoms with E-state index in [0.29, 0.717) is 36.6 Å². The number of nitrogens with one attached hydrogen (secondary N) is 1. The number of carbonyl (C=O) groups is 1. The Labute approximate surface area is 177 Å². The van der Waals surface area contributed by atoms with Crippen molar-refractivity contribution in [1.29, 1.82) is 0 Å². The summed E-state index contributed by atoms with van der Waals surface area (Å²) in [7, 11) is 4.71. The average molecular weight is 409 g/mol. The SMILES string of the molecule is COc1cc2c(c(OC)c1OC)C(OC(=O)NCc1ccccc1)CCCC#CC2. The smallest absolute Gasteiger partial charge is 0.408 e. The summed E-state index contributed by atoms with van der Waals surface area (Å²) in [4.78, 5) is 12.6. The van der Waals surface area contributed by atoms with E-state index in [0.717, 1.165) is 29.5 Å². The third kappa shape index (κ3) is 4.98. The van der Waals surface area contributed by atoms with Crippen LogP contribution in [0.3, 0.4) is 0 Å². The first-order chi connectivity index (χ1) is 14.7. The molecule has 6 nitrogen and oxygen atoms in total. The van der Waals surface area contributed by atoms with Crippen LogP contribution in [0.2, 0.25) is 0 Å². The highest BCUT2D eigenvalue weighted by atomic mass is 16.6. The Morgan fingerprint density at radius 2 is 1.83 bits per heavy atom. The van der Waals surface area contributed by atoms with Gasteiger partial charge in [-0.3, -0.25) is 0 Å². The molecule has 0 heterocycles. The Kier molecular flexibility index (Phi) is 7.45. The summed E-state index contributed by atoms with van der Waals surface area (Å²) in [5, 5.41) is 2.83. The quantitative estimate of drug-likeness (QED) is 0.716. The Balaban J connectivity index is 1.90. The van der Waals surface area contributed by atoms with Crippen LogP contribution in [0, 0.1) is 11.8 Å². The van der Waals surface area contributed by atoms with Gasteiger partial charge < -0.3 is 24.3 Å². The second-order valence-electron chi connectivity index (χ2n) is 6.87. The first-order valence-corrected chi connectivity index (χ1v) is 9.93. The van der Waals surface area contributed by atoms with E-state index in [1.54, 1.807) is 21.3 Å². The van der Waals surface area contributed by atoms with E-state index in [1.807, 2.05) is 36.4 Å². The van der Waals surface area contributed by atoms with Crippen molar-refractivity contribution in [2.45, 2.75) is 38.3 Å². The number of hydrogen-bond donors (Lipinski definition) is 1. The summed E-state index contributed by atoms with van der Waals surface area (Å²) in [6.45, 7) is 0.394. The Hall–Kier alpha value is -3.33. The van der Waals surface area contributed by atoms with Gasteiger partial charge in [0.2, 0.25) is 5.75 Å². The van der Waals surface area contributed by atoms with Crippen molar-refractivity contribution in [3.63, 3.8) is 0 Å². The molecule has 6 heteroatoms. The van der Waals surface area contributed by atoms with Crippen molar-refractivity contribution in [1.82, 2.24) is 5.32 Å². The molecule has 158 valence electrons. The lowest BCUT2D eigenvalue weighted by molar-refractivity contribution is 0.0888. The van der Waals surface area contributed by atoms with Gasteiger partial charge in [0.25, 0.3) is 0 Å². The van der Waals surface area contributed by atoms with Gasteiger partial charge >= 0.3 is 6.09 Å². The van der Waals surface area contributed by atoms with Crippen LogP contribution in [0.15, 0.2) is 36.4 Å². The van der Waals surface area contributed by atoms with Crippen LogP contribution in [0.4, 0.5) is 4.79 Å². The summed E-state index contributed by atoms with van der Waals surface area (Å²) in [5.41, 5.74) is 2.68. The third-order valence-electron chi connectivity index (χ3n) is 4.98. The normalized spacial score (nSPS) is 15.2. The highest BCUT2D eigenvalue weighted by molar-refractivity contribution is 5.68. The molecule has 0 saturated heterocycles. The summed E-state index contributed by atoms with van der Waals surface area (Å²) < 4.78 is 22.6. The fourth-order valence-corrected chi connectivity index (χ4v) is 3.55. The lowest BCUT2D eigenvalue weighted by atomic mass is 9.95. The van der Waals surface area contributed by atoms with Gasteiger partial charge in [0.15, 0.2) is 11.5 Å². The zero-order valence-electron chi connectivity index (χ0n) is 17.6. The van der Waals surface area contributed by atoms with Crippen molar-refractivity contribution in [3.05, 3.63) is 53.1 Å². The van der Waals surface area contributed by atoms with Crippen LogP contribution >= 0.6 is 0 Å². The van der Waals surface area contributed by atoms with Crippen molar-refractivity contribution < 1.29 is 23.7 Å². The molecule has 2 aromatic rings. The molecule has 1 aliphatic carbocycles. The van der Waals surface area contributed by atoms with Crippen molar-refractivity contribution in [2.75, 3.05) is 21.3 Å². The number of methoxy groups -OCH3 is 3. The maximum atomic E-state index is 12.6. The van der Waals surface area contributed by atoms with E-state index in [4.69, 9.17) is 18.9 Å². The Morgan fingerprint density at radius 3 is 2.53 bits per heavy atom. The van der Waals surface area contributed by atoms with Crippen LogP contribution < -0.4 is 19.5 Å². The van der Waals surface area contributed by atoms with E-state index in [1.165, 1.54) is 0 Å². The molecule has 1 aliphatic rings. The molecule has 0 aliphatic heterocycles. The molecule has 0 aromatic heterocycles. The second kappa shape index (κ2) is 10.4. The lowest BCUT2D eigenvalue weighted by Crippen LogP contribution is -2.26. The number of ether oxygens (including phenoxy) is 4. The standard InChI is InChI=1S/C24H27NO5/c1-27-20-15-18-13-9-4-5-10-14-19(21(18)23(29-3)22(20)28-2)30-24(26)25-16-17-11-7-6-8-12-17/h6-8,11-12,15,19H,5,10,13-14,16H2,1-3H3,(H,25,26). The van der Waals surface area contributed by atoms with E-state index < -0.39 is 12.2 Å². The van der Waals surface area contributed by atoms with Gasteiger partial charge in [0, 0.05) is 24.9 Å². The number of rotatable bonds is 6. The lowest BCUT2D eigenvalue weighted by Gasteiger charge is -2.25. The number of fused-ring (bicyclic) bond motifs is 1. The predicted octanol–water partition coefficient (Wildman–Crippen LogP) is 4.41. The number of hydrogen-bond acceptors (Lipinski definition) is 5.